The topological polar surface area (TPSA) is 58.4 Å². The Balaban J connectivity index is 0.00000169. The number of likely N-dealkylation sites (tertiary alicyclic amines) is 1. The van der Waals surface area contributed by atoms with Crippen molar-refractivity contribution in [3.8, 4) is 0 Å². The third-order valence-corrected chi connectivity index (χ3v) is 5.37. The van der Waals surface area contributed by atoms with E-state index < -0.39 is 0 Å². The van der Waals surface area contributed by atoms with Crippen LogP contribution in [0.5, 0.6) is 0 Å². The van der Waals surface area contributed by atoms with Gasteiger partial charge in [0.25, 0.3) is 5.91 Å². The van der Waals surface area contributed by atoms with Gasteiger partial charge in [0.1, 0.15) is 0 Å². The van der Waals surface area contributed by atoms with Crippen molar-refractivity contribution in [2.45, 2.75) is 12.8 Å². The Labute approximate surface area is 147 Å². The molecule has 0 bridgehead atoms. The van der Waals surface area contributed by atoms with Gasteiger partial charge < -0.3 is 14.7 Å². The smallest absolute Gasteiger partial charge is 0.292 e. The van der Waals surface area contributed by atoms with Gasteiger partial charge in [-0.05, 0) is 24.3 Å². The summed E-state index contributed by atoms with van der Waals surface area (Å²) in [5, 5.41) is 7.17. The third-order valence-electron chi connectivity index (χ3n) is 5.37. The molecule has 4 rings (SSSR count). The van der Waals surface area contributed by atoms with Gasteiger partial charge >= 0.3 is 0 Å². The Hall–Kier alpha value is -1.85. The number of nitrogens with one attached hydrogen (secondary N) is 1. The second-order valence-electron chi connectivity index (χ2n) is 6.74. The molecule has 2 aromatic rings. The first-order valence-corrected chi connectivity index (χ1v) is 8.21. The van der Waals surface area contributed by atoms with E-state index in [0.29, 0.717) is 11.7 Å². The summed E-state index contributed by atoms with van der Waals surface area (Å²) in [6.45, 7) is 3.60. The third kappa shape index (κ3) is 3.06. The predicted molar refractivity (Wildman–Crippen MR) is 93.2 cm³/mol. The van der Waals surface area contributed by atoms with Gasteiger partial charge in [0.15, 0.2) is 0 Å². The molecular weight excluding hydrogens is 326 g/mol. The number of aromatic nitrogens is 1. The van der Waals surface area contributed by atoms with Crippen LogP contribution < -0.4 is 5.32 Å². The van der Waals surface area contributed by atoms with Crippen molar-refractivity contribution < 1.29 is 9.32 Å². The first-order valence-electron chi connectivity index (χ1n) is 8.21. The van der Waals surface area contributed by atoms with Crippen LogP contribution in [-0.4, -0.2) is 42.1 Å². The fraction of sp³-hybridized carbons (Fsp3) is 0.444. The molecule has 1 amide bonds. The van der Waals surface area contributed by atoms with Crippen LogP contribution in [0.1, 0.15) is 22.5 Å². The number of amides is 1. The van der Waals surface area contributed by atoms with Crippen molar-refractivity contribution in [2.75, 3.05) is 26.2 Å². The van der Waals surface area contributed by atoms with E-state index in [9.17, 15) is 4.79 Å². The molecule has 1 aromatic carbocycles. The lowest BCUT2D eigenvalue weighted by Gasteiger charge is -2.28. The van der Waals surface area contributed by atoms with E-state index in [1.54, 1.807) is 6.07 Å². The van der Waals surface area contributed by atoms with Gasteiger partial charge in [0, 0.05) is 37.7 Å². The van der Waals surface area contributed by atoms with Gasteiger partial charge in [-0.1, -0.05) is 35.5 Å². The minimum absolute atomic E-state index is 0. The number of nitrogens with zero attached hydrogens (tertiary/aromatic N) is 2. The lowest BCUT2D eigenvalue weighted by atomic mass is 9.76. The van der Waals surface area contributed by atoms with Gasteiger partial charge in [0.05, 0.1) is 6.20 Å². The molecule has 3 heterocycles. The number of carbonyl (C=O) groups excluding carboxylic acids is 1. The zero-order valence-electron chi connectivity index (χ0n) is 13.5. The average molecular weight is 348 g/mol. The summed E-state index contributed by atoms with van der Waals surface area (Å²) in [5.41, 5.74) is 1.55. The summed E-state index contributed by atoms with van der Waals surface area (Å²) >= 11 is 0. The van der Waals surface area contributed by atoms with Gasteiger partial charge in [-0.25, -0.2) is 0 Å². The largest absolute Gasteiger partial charge is 0.351 e. The molecule has 2 fully saturated rings. The maximum absolute atomic E-state index is 12.5. The number of halogens is 1. The first-order chi connectivity index (χ1) is 11.3. The van der Waals surface area contributed by atoms with Crippen LogP contribution >= 0.6 is 12.4 Å². The van der Waals surface area contributed by atoms with Crippen molar-refractivity contribution in [3.63, 3.8) is 0 Å². The molecule has 2 saturated heterocycles. The molecule has 128 valence electrons. The van der Waals surface area contributed by atoms with Crippen LogP contribution in [0.4, 0.5) is 0 Å². The number of hydrogen-bond acceptors (Lipinski definition) is 4. The zero-order valence-corrected chi connectivity index (χ0v) is 14.3. The van der Waals surface area contributed by atoms with Crippen LogP contribution in [0, 0.1) is 11.3 Å². The Kier molecular flexibility index (Phi) is 4.92. The van der Waals surface area contributed by atoms with Crippen LogP contribution in [0.2, 0.25) is 0 Å². The lowest BCUT2D eigenvalue weighted by Crippen LogP contribution is -2.35. The summed E-state index contributed by atoms with van der Waals surface area (Å²) in [5.74, 6) is 0.838. The molecule has 24 heavy (non-hydrogen) atoms. The number of hydrogen-bond donors (Lipinski definition) is 1. The van der Waals surface area contributed by atoms with E-state index in [0.717, 1.165) is 39.0 Å². The molecule has 0 aliphatic carbocycles. The van der Waals surface area contributed by atoms with E-state index in [4.69, 9.17) is 4.52 Å². The number of aryl methyl sites for hydroxylation is 1. The molecule has 1 aromatic heterocycles. The molecule has 0 spiro atoms. The van der Waals surface area contributed by atoms with E-state index in [-0.39, 0.29) is 23.7 Å². The first kappa shape index (κ1) is 17.0. The van der Waals surface area contributed by atoms with Crippen LogP contribution in [-0.2, 0) is 6.42 Å². The molecule has 1 N–H and O–H groups in total. The standard InChI is InChI=1S/C18H21N3O2.ClH/c22-17(16-7-9-20-23-16)21-11-15-10-19-12-18(15,13-21)8-6-14-4-2-1-3-5-14;/h1-5,7,9,15,19H,6,8,10-13H2;1H. The number of fused-ring (bicyclic) bond motifs is 1. The summed E-state index contributed by atoms with van der Waals surface area (Å²) in [4.78, 5) is 14.5. The molecule has 0 saturated carbocycles. The fourth-order valence-corrected chi connectivity index (χ4v) is 4.06. The van der Waals surface area contributed by atoms with Crippen molar-refractivity contribution in [1.82, 2.24) is 15.4 Å². The molecule has 2 atom stereocenters. The normalized spacial score (nSPS) is 25.3. The Bertz CT molecular complexity index is 677. The second-order valence-corrected chi connectivity index (χ2v) is 6.74. The van der Waals surface area contributed by atoms with Crippen molar-refractivity contribution in [2.24, 2.45) is 11.3 Å². The molecule has 5 nitrogen and oxygen atoms in total. The Morgan fingerprint density at radius 2 is 2.17 bits per heavy atom. The van der Waals surface area contributed by atoms with E-state index in [2.05, 4.69) is 40.8 Å². The highest BCUT2D eigenvalue weighted by Gasteiger charge is 2.50. The molecule has 2 aliphatic rings. The van der Waals surface area contributed by atoms with Gasteiger partial charge in [0.2, 0.25) is 5.76 Å². The maximum Gasteiger partial charge on any atom is 0.292 e. The lowest BCUT2D eigenvalue weighted by molar-refractivity contribution is 0.0727. The molecule has 0 radical (unpaired) electrons. The monoisotopic (exact) mass is 347 g/mol. The minimum Gasteiger partial charge on any atom is -0.351 e. The van der Waals surface area contributed by atoms with Crippen LogP contribution in [0.15, 0.2) is 47.1 Å². The predicted octanol–water partition coefficient (Wildman–Crippen LogP) is 2.39. The van der Waals surface area contributed by atoms with Gasteiger partial charge in [-0.2, -0.15) is 0 Å². The van der Waals surface area contributed by atoms with E-state index in [1.165, 1.54) is 11.8 Å². The highest BCUT2D eigenvalue weighted by atomic mass is 35.5. The molecule has 2 unspecified atom stereocenters. The summed E-state index contributed by atoms with van der Waals surface area (Å²) < 4.78 is 5.04. The van der Waals surface area contributed by atoms with E-state index >= 15 is 0 Å². The average Bonchev–Trinajstić information content (AvgIpc) is 3.29. The van der Waals surface area contributed by atoms with Crippen molar-refractivity contribution >= 4 is 18.3 Å². The summed E-state index contributed by atoms with van der Waals surface area (Å²) in [6, 6.07) is 12.2. The van der Waals surface area contributed by atoms with Crippen molar-refractivity contribution in [3.05, 3.63) is 53.9 Å². The summed E-state index contributed by atoms with van der Waals surface area (Å²) in [7, 11) is 0. The molecule has 2 aliphatic heterocycles. The second kappa shape index (κ2) is 6.95. The zero-order chi connectivity index (χ0) is 15.7. The quantitative estimate of drug-likeness (QED) is 0.922. The van der Waals surface area contributed by atoms with Gasteiger partial charge in [-0.3, -0.25) is 4.79 Å². The highest BCUT2D eigenvalue weighted by Crippen LogP contribution is 2.43. The number of rotatable bonds is 4. The minimum atomic E-state index is -0.0315. The van der Waals surface area contributed by atoms with Crippen molar-refractivity contribution in [1.29, 1.82) is 0 Å². The Morgan fingerprint density at radius 1 is 1.33 bits per heavy atom. The van der Waals surface area contributed by atoms with E-state index in [1.807, 2.05) is 4.90 Å². The molecule has 6 heteroatoms. The molecular formula is C18H22ClN3O2. The Morgan fingerprint density at radius 3 is 2.92 bits per heavy atom. The van der Waals surface area contributed by atoms with Crippen LogP contribution in [0.25, 0.3) is 0 Å². The fourth-order valence-electron chi connectivity index (χ4n) is 4.06. The number of benzene rings is 1. The highest BCUT2D eigenvalue weighted by molar-refractivity contribution is 5.91. The maximum atomic E-state index is 12.5. The summed E-state index contributed by atoms with van der Waals surface area (Å²) in [6.07, 6.45) is 3.69. The number of carbonyl (C=O) groups is 1. The van der Waals surface area contributed by atoms with Crippen LogP contribution in [0.3, 0.4) is 0 Å². The SMILES string of the molecule is Cl.O=C(c1ccno1)N1CC2CNCC2(CCc2ccccc2)C1. The van der Waals surface area contributed by atoms with Gasteiger partial charge in [-0.15, -0.1) is 12.4 Å².